The van der Waals surface area contributed by atoms with Gasteiger partial charge >= 0.3 is 0 Å². The van der Waals surface area contributed by atoms with Crippen LogP contribution in [0.4, 0.5) is 0 Å². The first-order valence-corrected chi connectivity index (χ1v) is 8.02. The van der Waals surface area contributed by atoms with Crippen molar-refractivity contribution < 1.29 is 9.94 Å². The van der Waals surface area contributed by atoms with Crippen molar-refractivity contribution >= 4 is 0 Å². The van der Waals surface area contributed by atoms with E-state index in [1.165, 1.54) is 6.20 Å². The number of benzene rings is 1. The van der Waals surface area contributed by atoms with Crippen molar-refractivity contribution in [1.29, 1.82) is 5.26 Å². The molecule has 0 amide bonds. The zero-order valence-corrected chi connectivity index (χ0v) is 14.0. The monoisotopic (exact) mass is 334 g/mol. The van der Waals surface area contributed by atoms with E-state index in [1.54, 1.807) is 30.6 Å². The summed E-state index contributed by atoms with van der Waals surface area (Å²) in [6.45, 7) is 3.98. The predicted molar refractivity (Wildman–Crippen MR) is 93.2 cm³/mol. The summed E-state index contributed by atoms with van der Waals surface area (Å²) in [6.07, 6.45) is 5.74. The summed E-state index contributed by atoms with van der Waals surface area (Å²) >= 11 is 0. The Morgan fingerprint density at radius 2 is 2.00 bits per heavy atom. The van der Waals surface area contributed by atoms with Gasteiger partial charge in [0.25, 0.3) is 0 Å². The van der Waals surface area contributed by atoms with E-state index >= 15 is 0 Å². The predicted octanol–water partition coefficient (Wildman–Crippen LogP) is 3.90. The van der Waals surface area contributed by atoms with E-state index in [1.807, 2.05) is 26.0 Å². The summed E-state index contributed by atoms with van der Waals surface area (Å²) in [6, 6.07) is 11.0. The lowest BCUT2D eigenvalue weighted by atomic mass is 10.1. The second-order valence-corrected chi connectivity index (χ2v) is 5.69. The van der Waals surface area contributed by atoms with Crippen LogP contribution in [0, 0.1) is 11.3 Å². The van der Waals surface area contributed by atoms with E-state index in [-0.39, 0.29) is 6.10 Å². The Morgan fingerprint density at radius 3 is 2.68 bits per heavy atom. The van der Waals surface area contributed by atoms with Gasteiger partial charge in [0.1, 0.15) is 11.8 Å². The van der Waals surface area contributed by atoms with Gasteiger partial charge in [0.05, 0.1) is 23.6 Å². The van der Waals surface area contributed by atoms with Gasteiger partial charge in [-0.25, -0.2) is 4.98 Å². The average molecular weight is 334 g/mol. The number of hydrogen-bond acceptors (Lipinski definition) is 5. The minimum absolute atomic E-state index is 0.0241. The van der Waals surface area contributed by atoms with Gasteiger partial charge in [-0.15, -0.1) is 0 Å². The summed E-state index contributed by atoms with van der Waals surface area (Å²) in [5.74, 6) is 0.893. The first-order valence-electron chi connectivity index (χ1n) is 8.02. The van der Waals surface area contributed by atoms with Crippen LogP contribution in [0.25, 0.3) is 22.6 Å². The molecule has 3 rings (SSSR count). The highest BCUT2D eigenvalue weighted by Crippen LogP contribution is 2.28. The molecule has 0 bridgehead atoms. The number of imidazole rings is 1. The molecule has 1 aromatic carbocycles. The van der Waals surface area contributed by atoms with Crippen LogP contribution in [-0.2, 0) is 0 Å². The number of rotatable bonds is 5. The van der Waals surface area contributed by atoms with Crippen molar-refractivity contribution in [2.75, 3.05) is 0 Å². The molecule has 2 aromatic heterocycles. The molecule has 2 heterocycles. The largest absolute Gasteiger partial charge is 0.489 e. The molecular weight excluding hydrogens is 316 g/mol. The van der Waals surface area contributed by atoms with Crippen molar-refractivity contribution in [1.82, 2.24) is 14.7 Å². The standard InChI is InChI=1S/C19H18N4O2/c1-3-13(2)25-18-5-4-15(10-16(18)11-20)19-22-17(12-23(19)24)14-6-8-21-9-7-14/h4-10,12-13,24H,3H2,1-2H3. The average Bonchev–Trinajstić information content (AvgIpc) is 3.04. The number of nitriles is 1. The molecule has 1 unspecified atom stereocenters. The molecule has 0 saturated carbocycles. The lowest BCUT2D eigenvalue weighted by Gasteiger charge is -2.14. The van der Waals surface area contributed by atoms with Gasteiger partial charge < -0.3 is 9.94 Å². The van der Waals surface area contributed by atoms with E-state index in [0.717, 1.165) is 16.7 Å². The Hall–Kier alpha value is -3.33. The third kappa shape index (κ3) is 3.45. The molecule has 6 nitrogen and oxygen atoms in total. The van der Waals surface area contributed by atoms with Crippen molar-refractivity contribution in [3.63, 3.8) is 0 Å². The summed E-state index contributed by atoms with van der Waals surface area (Å²) in [5, 5.41) is 19.6. The molecule has 3 aromatic rings. The van der Waals surface area contributed by atoms with Gasteiger partial charge in [-0.2, -0.15) is 9.99 Å². The van der Waals surface area contributed by atoms with Crippen LogP contribution in [-0.4, -0.2) is 26.0 Å². The number of pyridine rings is 1. The molecule has 0 aliphatic carbocycles. The molecule has 0 aliphatic rings. The quantitative estimate of drug-likeness (QED) is 0.715. The summed E-state index contributed by atoms with van der Waals surface area (Å²) in [5.41, 5.74) is 2.52. The highest BCUT2D eigenvalue weighted by molar-refractivity contribution is 5.66. The maximum atomic E-state index is 10.2. The Morgan fingerprint density at radius 1 is 1.24 bits per heavy atom. The molecule has 126 valence electrons. The molecular formula is C19H18N4O2. The molecule has 0 saturated heterocycles. The maximum absolute atomic E-state index is 10.2. The number of aromatic nitrogens is 3. The third-order valence-corrected chi connectivity index (χ3v) is 3.93. The maximum Gasteiger partial charge on any atom is 0.175 e. The van der Waals surface area contributed by atoms with Crippen LogP contribution >= 0.6 is 0 Å². The fraction of sp³-hybridized carbons (Fsp3) is 0.211. The fourth-order valence-electron chi connectivity index (χ4n) is 2.39. The molecule has 1 atom stereocenters. The van der Waals surface area contributed by atoms with Crippen LogP contribution in [0.1, 0.15) is 25.8 Å². The highest BCUT2D eigenvalue weighted by Gasteiger charge is 2.14. The fourth-order valence-corrected chi connectivity index (χ4v) is 2.39. The molecule has 0 aliphatic heterocycles. The molecule has 6 heteroatoms. The number of hydrogen-bond donors (Lipinski definition) is 1. The van der Waals surface area contributed by atoms with Crippen molar-refractivity contribution in [2.24, 2.45) is 0 Å². The Balaban J connectivity index is 1.97. The lowest BCUT2D eigenvalue weighted by molar-refractivity contribution is 0.191. The normalized spacial score (nSPS) is 11.7. The van der Waals surface area contributed by atoms with E-state index in [2.05, 4.69) is 16.0 Å². The second kappa shape index (κ2) is 7.05. The van der Waals surface area contributed by atoms with Crippen molar-refractivity contribution in [3.05, 3.63) is 54.5 Å². The van der Waals surface area contributed by atoms with Gasteiger partial charge in [0.2, 0.25) is 0 Å². The van der Waals surface area contributed by atoms with Crippen LogP contribution in [0.15, 0.2) is 48.9 Å². The van der Waals surface area contributed by atoms with Gasteiger partial charge in [0.15, 0.2) is 5.82 Å². The van der Waals surface area contributed by atoms with Crippen LogP contribution < -0.4 is 4.74 Å². The Labute approximate surface area is 145 Å². The van der Waals surface area contributed by atoms with Gasteiger partial charge in [-0.1, -0.05) is 6.92 Å². The summed E-state index contributed by atoms with van der Waals surface area (Å²) in [7, 11) is 0. The third-order valence-electron chi connectivity index (χ3n) is 3.93. The first kappa shape index (κ1) is 16.5. The van der Waals surface area contributed by atoms with Crippen LogP contribution in [0.5, 0.6) is 5.75 Å². The lowest BCUT2D eigenvalue weighted by Crippen LogP contribution is -2.10. The van der Waals surface area contributed by atoms with E-state index in [0.29, 0.717) is 28.4 Å². The van der Waals surface area contributed by atoms with Crippen LogP contribution in [0.2, 0.25) is 0 Å². The van der Waals surface area contributed by atoms with E-state index in [4.69, 9.17) is 4.74 Å². The Bertz CT molecular complexity index is 913. The summed E-state index contributed by atoms with van der Waals surface area (Å²) < 4.78 is 6.72. The zero-order chi connectivity index (χ0) is 17.8. The van der Waals surface area contributed by atoms with E-state index in [9.17, 15) is 10.5 Å². The highest BCUT2D eigenvalue weighted by atomic mass is 16.5. The number of nitrogens with zero attached hydrogens (tertiary/aromatic N) is 4. The molecule has 1 N–H and O–H groups in total. The van der Waals surface area contributed by atoms with Gasteiger partial charge in [-0.05, 0) is 43.7 Å². The second-order valence-electron chi connectivity index (χ2n) is 5.69. The van der Waals surface area contributed by atoms with Crippen LogP contribution in [0.3, 0.4) is 0 Å². The summed E-state index contributed by atoms with van der Waals surface area (Å²) in [4.78, 5) is 8.44. The molecule has 0 spiro atoms. The molecule has 0 radical (unpaired) electrons. The van der Waals surface area contributed by atoms with E-state index < -0.39 is 0 Å². The molecule has 25 heavy (non-hydrogen) atoms. The first-order chi connectivity index (χ1) is 12.1. The van der Waals surface area contributed by atoms with Crippen molar-refractivity contribution in [2.45, 2.75) is 26.4 Å². The SMILES string of the molecule is CCC(C)Oc1ccc(-c2nc(-c3ccncc3)cn2O)cc1C#N. The van der Waals surface area contributed by atoms with Gasteiger partial charge in [0, 0.05) is 23.5 Å². The van der Waals surface area contributed by atoms with Crippen molar-refractivity contribution in [3.8, 4) is 34.5 Å². The Kier molecular flexibility index (Phi) is 4.66. The minimum Gasteiger partial charge on any atom is -0.489 e. The molecule has 0 fully saturated rings. The number of ether oxygens (including phenoxy) is 1. The smallest absolute Gasteiger partial charge is 0.175 e. The van der Waals surface area contributed by atoms with Gasteiger partial charge in [-0.3, -0.25) is 4.98 Å². The minimum atomic E-state index is 0.0241. The topological polar surface area (TPSA) is 84.0 Å². The zero-order valence-electron chi connectivity index (χ0n) is 14.0.